The largest absolute Gasteiger partial charge is 0.490 e. The lowest BCUT2D eigenvalue weighted by atomic mass is 10.2. The predicted octanol–water partition coefficient (Wildman–Crippen LogP) is 4.68. The van der Waals surface area contributed by atoms with Crippen LogP contribution in [0, 0.1) is 5.92 Å². The van der Waals surface area contributed by atoms with Gasteiger partial charge in [0.2, 0.25) is 0 Å². The molecule has 0 heterocycles. The maximum Gasteiger partial charge on any atom is 0.157 e. The van der Waals surface area contributed by atoms with Crippen LogP contribution >= 0.6 is 34.8 Å². The average Bonchev–Trinajstić information content (AvgIpc) is 2.11. The fourth-order valence-electron chi connectivity index (χ4n) is 0.891. The van der Waals surface area contributed by atoms with Crippen LogP contribution in [-0.2, 0) is 0 Å². The van der Waals surface area contributed by atoms with Crippen molar-refractivity contribution in [1.82, 2.24) is 0 Å². The molecule has 14 heavy (non-hydrogen) atoms. The molecular weight excluding hydrogens is 242 g/mol. The molecule has 0 fully saturated rings. The third-order valence-electron chi connectivity index (χ3n) is 1.56. The molecule has 0 bridgehead atoms. The van der Waals surface area contributed by atoms with E-state index in [1.54, 1.807) is 12.1 Å². The monoisotopic (exact) mass is 252 g/mol. The Bertz CT molecular complexity index is 323. The van der Waals surface area contributed by atoms with Crippen LogP contribution in [0.3, 0.4) is 0 Å². The zero-order valence-corrected chi connectivity index (χ0v) is 10.2. The number of hydrogen-bond acceptors (Lipinski definition) is 1. The highest BCUT2D eigenvalue weighted by molar-refractivity contribution is 6.44. The van der Waals surface area contributed by atoms with Gasteiger partial charge in [-0.1, -0.05) is 48.7 Å². The average molecular weight is 254 g/mol. The van der Waals surface area contributed by atoms with Gasteiger partial charge >= 0.3 is 0 Å². The molecule has 0 N–H and O–H groups in total. The second kappa shape index (κ2) is 5.11. The first-order valence-electron chi connectivity index (χ1n) is 4.28. The van der Waals surface area contributed by atoms with Gasteiger partial charge in [0.05, 0.1) is 16.7 Å². The van der Waals surface area contributed by atoms with Crippen molar-refractivity contribution < 1.29 is 4.74 Å². The van der Waals surface area contributed by atoms with Crippen molar-refractivity contribution >= 4 is 34.8 Å². The van der Waals surface area contributed by atoms with Crippen LogP contribution in [0.4, 0.5) is 0 Å². The third kappa shape index (κ3) is 2.94. The number of halogens is 3. The Hall–Kier alpha value is -0.110. The Morgan fingerprint density at radius 2 is 1.71 bits per heavy atom. The van der Waals surface area contributed by atoms with Crippen LogP contribution in [0.1, 0.15) is 13.8 Å². The van der Waals surface area contributed by atoms with Gasteiger partial charge in [-0.25, -0.2) is 0 Å². The van der Waals surface area contributed by atoms with E-state index in [1.165, 1.54) is 0 Å². The summed E-state index contributed by atoms with van der Waals surface area (Å²) in [5.41, 5.74) is 0. The smallest absolute Gasteiger partial charge is 0.157 e. The number of benzene rings is 1. The third-order valence-corrected chi connectivity index (χ3v) is 2.65. The van der Waals surface area contributed by atoms with E-state index in [0.717, 1.165) is 0 Å². The molecule has 0 aliphatic heterocycles. The topological polar surface area (TPSA) is 9.23 Å². The van der Waals surface area contributed by atoms with Gasteiger partial charge in [-0.15, -0.1) is 0 Å². The summed E-state index contributed by atoms with van der Waals surface area (Å²) in [4.78, 5) is 0. The van der Waals surface area contributed by atoms with Gasteiger partial charge < -0.3 is 4.74 Å². The van der Waals surface area contributed by atoms with Crippen molar-refractivity contribution in [2.24, 2.45) is 5.92 Å². The lowest BCUT2D eigenvalue weighted by molar-refractivity contribution is 0.271. The minimum atomic E-state index is 0.375. The second-order valence-electron chi connectivity index (χ2n) is 3.38. The second-order valence-corrected chi connectivity index (χ2v) is 4.57. The SMILES string of the molecule is CC(C)COc1c(Cl)ccc(Cl)c1Cl. The van der Waals surface area contributed by atoms with E-state index in [-0.39, 0.29) is 0 Å². The maximum atomic E-state index is 5.94. The van der Waals surface area contributed by atoms with Crippen LogP contribution in [0.5, 0.6) is 5.75 Å². The highest BCUT2D eigenvalue weighted by Gasteiger charge is 2.11. The zero-order valence-electron chi connectivity index (χ0n) is 7.98. The van der Waals surface area contributed by atoms with Crippen LogP contribution < -0.4 is 4.74 Å². The van der Waals surface area contributed by atoms with Gasteiger partial charge in [-0.3, -0.25) is 0 Å². The molecule has 0 aliphatic carbocycles. The van der Waals surface area contributed by atoms with Crippen LogP contribution in [-0.4, -0.2) is 6.61 Å². The quantitative estimate of drug-likeness (QED) is 0.711. The summed E-state index contributed by atoms with van der Waals surface area (Å²) in [6, 6.07) is 3.32. The summed E-state index contributed by atoms with van der Waals surface area (Å²) < 4.78 is 5.46. The number of ether oxygens (including phenoxy) is 1. The van der Waals surface area contributed by atoms with Crippen molar-refractivity contribution in [2.45, 2.75) is 13.8 Å². The van der Waals surface area contributed by atoms with E-state index < -0.39 is 0 Å². The summed E-state index contributed by atoms with van der Waals surface area (Å²) in [7, 11) is 0. The minimum absolute atomic E-state index is 0.375. The zero-order chi connectivity index (χ0) is 10.7. The Kier molecular flexibility index (Phi) is 4.36. The Labute approximate surface area is 98.9 Å². The molecule has 1 rings (SSSR count). The molecule has 0 saturated carbocycles. The summed E-state index contributed by atoms with van der Waals surface area (Å²) in [5, 5.41) is 1.31. The first-order chi connectivity index (χ1) is 6.52. The van der Waals surface area contributed by atoms with Crippen molar-refractivity contribution in [2.75, 3.05) is 6.61 Å². The molecule has 0 amide bonds. The van der Waals surface area contributed by atoms with E-state index in [9.17, 15) is 0 Å². The summed E-state index contributed by atoms with van der Waals surface area (Å²) in [6.07, 6.45) is 0. The first-order valence-corrected chi connectivity index (χ1v) is 5.42. The van der Waals surface area contributed by atoms with E-state index in [0.29, 0.717) is 33.3 Å². The molecule has 0 unspecified atom stereocenters. The van der Waals surface area contributed by atoms with Gasteiger partial charge in [-0.2, -0.15) is 0 Å². The van der Waals surface area contributed by atoms with Crippen LogP contribution in [0.25, 0.3) is 0 Å². The Morgan fingerprint density at radius 1 is 1.14 bits per heavy atom. The molecule has 4 heteroatoms. The predicted molar refractivity (Wildman–Crippen MR) is 61.8 cm³/mol. The van der Waals surface area contributed by atoms with Crippen molar-refractivity contribution in [1.29, 1.82) is 0 Å². The highest BCUT2D eigenvalue weighted by Crippen LogP contribution is 2.38. The van der Waals surface area contributed by atoms with Crippen LogP contribution in [0.15, 0.2) is 12.1 Å². The number of hydrogen-bond donors (Lipinski definition) is 0. The van der Waals surface area contributed by atoms with Crippen LogP contribution in [0.2, 0.25) is 15.1 Å². The first kappa shape index (κ1) is 12.0. The molecule has 1 aromatic carbocycles. The standard InChI is InChI=1S/C10H11Cl3O/c1-6(2)5-14-10-8(12)4-3-7(11)9(10)13/h3-4,6H,5H2,1-2H3. The summed E-state index contributed by atoms with van der Waals surface area (Å²) >= 11 is 17.7. The van der Waals surface area contributed by atoms with Gasteiger partial charge in [0.25, 0.3) is 0 Å². The summed E-state index contributed by atoms with van der Waals surface area (Å²) in [5.74, 6) is 0.885. The highest BCUT2D eigenvalue weighted by atomic mass is 35.5. The van der Waals surface area contributed by atoms with Crippen molar-refractivity contribution in [3.8, 4) is 5.75 Å². The van der Waals surface area contributed by atoms with E-state index >= 15 is 0 Å². The van der Waals surface area contributed by atoms with Crippen molar-refractivity contribution in [3.63, 3.8) is 0 Å². The fraction of sp³-hybridized carbons (Fsp3) is 0.400. The lowest BCUT2D eigenvalue weighted by Gasteiger charge is -2.12. The van der Waals surface area contributed by atoms with E-state index in [4.69, 9.17) is 39.5 Å². The molecule has 0 spiro atoms. The fourth-order valence-corrected chi connectivity index (χ4v) is 1.52. The molecule has 0 aliphatic rings. The molecule has 0 saturated heterocycles. The minimum Gasteiger partial charge on any atom is -0.490 e. The molecule has 1 nitrogen and oxygen atoms in total. The van der Waals surface area contributed by atoms with Gasteiger partial charge in [-0.05, 0) is 18.1 Å². The van der Waals surface area contributed by atoms with Gasteiger partial charge in [0, 0.05) is 0 Å². The molecule has 0 aromatic heterocycles. The summed E-state index contributed by atoms with van der Waals surface area (Å²) in [6.45, 7) is 4.67. The lowest BCUT2D eigenvalue weighted by Crippen LogP contribution is -2.05. The molecule has 0 atom stereocenters. The van der Waals surface area contributed by atoms with E-state index in [2.05, 4.69) is 0 Å². The molecule has 1 aromatic rings. The molecule has 78 valence electrons. The Morgan fingerprint density at radius 3 is 2.29 bits per heavy atom. The maximum absolute atomic E-state index is 5.94. The van der Waals surface area contributed by atoms with E-state index in [1.807, 2.05) is 13.8 Å². The van der Waals surface area contributed by atoms with Crippen molar-refractivity contribution in [3.05, 3.63) is 27.2 Å². The van der Waals surface area contributed by atoms with Gasteiger partial charge in [0.1, 0.15) is 5.02 Å². The molecule has 0 radical (unpaired) electrons. The number of rotatable bonds is 3. The normalized spacial score (nSPS) is 10.7. The Balaban J connectivity index is 2.89. The van der Waals surface area contributed by atoms with Gasteiger partial charge in [0.15, 0.2) is 5.75 Å². The molecular formula is C10H11Cl3O.